The van der Waals surface area contributed by atoms with Gasteiger partial charge in [-0.3, -0.25) is 4.79 Å². The number of nitrogens with zero attached hydrogens (tertiary/aromatic N) is 1. The third kappa shape index (κ3) is 4.08. The van der Waals surface area contributed by atoms with E-state index in [1.54, 1.807) is 0 Å². The molecule has 0 saturated heterocycles. The van der Waals surface area contributed by atoms with Gasteiger partial charge >= 0.3 is 5.97 Å². The summed E-state index contributed by atoms with van der Waals surface area (Å²) in [4.78, 5) is 24.0. The van der Waals surface area contributed by atoms with E-state index < -0.39 is 17.9 Å². The number of carboxylic acids is 1. The number of hydrogen-bond acceptors (Lipinski definition) is 6. The maximum absolute atomic E-state index is 12.0. The van der Waals surface area contributed by atoms with E-state index in [4.69, 9.17) is 9.63 Å². The molecule has 2 N–H and O–H groups in total. The normalized spacial score (nSPS) is 12.0. The molecule has 1 atom stereocenters. The summed E-state index contributed by atoms with van der Waals surface area (Å²) in [7, 11) is 0. The van der Waals surface area contributed by atoms with Gasteiger partial charge in [0, 0.05) is 6.07 Å². The first-order chi connectivity index (χ1) is 10.1. The minimum atomic E-state index is -1.06. The fourth-order valence-electron chi connectivity index (χ4n) is 1.64. The summed E-state index contributed by atoms with van der Waals surface area (Å²) in [6, 6.07) is 4.30. The Bertz CT molecular complexity index is 609. The number of aromatic nitrogens is 1. The topological polar surface area (TPSA) is 92.4 Å². The van der Waals surface area contributed by atoms with Gasteiger partial charge in [-0.15, -0.1) is 11.3 Å². The Morgan fingerprint density at radius 3 is 3.00 bits per heavy atom. The molecule has 1 amide bonds. The summed E-state index contributed by atoms with van der Waals surface area (Å²) in [6.07, 6.45) is 2.24. The Balaban J connectivity index is 2.04. The van der Waals surface area contributed by atoms with Crippen LogP contribution in [0.4, 0.5) is 0 Å². The molecule has 0 aliphatic carbocycles. The molecule has 0 aliphatic heterocycles. The molecule has 2 aromatic rings. The lowest BCUT2D eigenvalue weighted by Gasteiger charge is -2.12. The van der Waals surface area contributed by atoms with E-state index in [9.17, 15) is 9.59 Å². The number of hydrogen-bond donors (Lipinski definition) is 2. The molecule has 2 heterocycles. The lowest BCUT2D eigenvalue weighted by atomic mass is 10.2. The van der Waals surface area contributed by atoms with Crippen LogP contribution in [0.3, 0.4) is 0 Å². The molecule has 8 heteroatoms. The van der Waals surface area contributed by atoms with Crippen LogP contribution in [0.25, 0.3) is 10.6 Å². The molecule has 2 aromatic heterocycles. The van der Waals surface area contributed by atoms with Crippen molar-refractivity contribution >= 4 is 35.0 Å². The first-order valence-electron chi connectivity index (χ1n) is 6.15. The van der Waals surface area contributed by atoms with E-state index in [0.29, 0.717) is 17.9 Å². The molecule has 112 valence electrons. The van der Waals surface area contributed by atoms with Crippen LogP contribution in [0.1, 0.15) is 16.9 Å². The van der Waals surface area contributed by atoms with Crippen LogP contribution in [0.5, 0.6) is 0 Å². The second kappa shape index (κ2) is 7.28. The number of carbonyl (C=O) groups is 2. The van der Waals surface area contributed by atoms with Gasteiger partial charge in [0.05, 0.1) is 4.88 Å². The van der Waals surface area contributed by atoms with Gasteiger partial charge in [0.25, 0.3) is 5.91 Å². The van der Waals surface area contributed by atoms with Crippen molar-refractivity contribution in [3.63, 3.8) is 0 Å². The number of carbonyl (C=O) groups excluding carboxylic acids is 1. The molecule has 1 unspecified atom stereocenters. The zero-order valence-corrected chi connectivity index (χ0v) is 12.9. The highest BCUT2D eigenvalue weighted by Crippen LogP contribution is 2.25. The van der Waals surface area contributed by atoms with Crippen LogP contribution < -0.4 is 5.32 Å². The quantitative estimate of drug-likeness (QED) is 0.811. The van der Waals surface area contributed by atoms with Crippen LogP contribution in [0.15, 0.2) is 28.1 Å². The SMILES string of the molecule is CSCCC(NC(=O)c1cc(-c2cccs2)on1)C(=O)O. The minimum Gasteiger partial charge on any atom is -0.480 e. The molecule has 0 bridgehead atoms. The zero-order chi connectivity index (χ0) is 15.2. The summed E-state index contributed by atoms with van der Waals surface area (Å²) in [5.74, 6) is -0.461. The monoisotopic (exact) mass is 326 g/mol. The van der Waals surface area contributed by atoms with E-state index >= 15 is 0 Å². The summed E-state index contributed by atoms with van der Waals surface area (Å²) in [5, 5.41) is 17.1. The average Bonchev–Trinajstić information content (AvgIpc) is 3.12. The molecule has 0 spiro atoms. The highest BCUT2D eigenvalue weighted by atomic mass is 32.2. The van der Waals surface area contributed by atoms with E-state index in [-0.39, 0.29) is 5.69 Å². The molecular weight excluding hydrogens is 312 g/mol. The number of rotatable bonds is 7. The third-order valence-electron chi connectivity index (χ3n) is 2.72. The van der Waals surface area contributed by atoms with Crippen molar-refractivity contribution in [3.05, 3.63) is 29.3 Å². The Labute approximate surface area is 129 Å². The van der Waals surface area contributed by atoms with Crippen molar-refractivity contribution in [1.29, 1.82) is 0 Å². The molecule has 21 heavy (non-hydrogen) atoms. The highest BCUT2D eigenvalue weighted by molar-refractivity contribution is 7.98. The molecular formula is C13H14N2O4S2. The number of thiophene rings is 1. The fraction of sp³-hybridized carbons (Fsp3) is 0.308. The van der Waals surface area contributed by atoms with Gasteiger partial charge in [-0.05, 0) is 29.9 Å². The number of amides is 1. The van der Waals surface area contributed by atoms with Crippen molar-refractivity contribution in [1.82, 2.24) is 10.5 Å². The van der Waals surface area contributed by atoms with Gasteiger partial charge in [0.1, 0.15) is 6.04 Å². The van der Waals surface area contributed by atoms with Gasteiger partial charge in [-0.2, -0.15) is 11.8 Å². The number of carboxylic acid groups (broad SMARTS) is 1. The van der Waals surface area contributed by atoms with Gasteiger partial charge in [0.15, 0.2) is 11.5 Å². The molecule has 0 saturated carbocycles. The van der Waals surface area contributed by atoms with E-state index in [2.05, 4.69) is 10.5 Å². The van der Waals surface area contributed by atoms with Crippen molar-refractivity contribution < 1.29 is 19.2 Å². The van der Waals surface area contributed by atoms with Gasteiger partial charge in [-0.25, -0.2) is 4.79 Å². The van der Waals surface area contributed by atoms with Gasteiger partial charge < -0.3 is 14.9 Å². The standard InChI is InChI=1S/C13H14N2O4S2/c1-20-6-4-8(13(17)18)14-12(16)9-7-10(19-15-9)11-3-2-5-21-11/h2-3,5,7-8H,4,6H2,1H3,(H,14,16)(H,17,18). The van der Waals surface area contributed by atoms with E-state index in [1.165, 1.54) is 29.2 Å². The highest BCUT2D eigenvalue weighted by Gasteiger charge is 2.22. The first-order valence-corrected chi connectivity index (χ1v) is 8.42. The fourth-order valence-corrected chi connectivity index (χ4v) is 2.79. The summed E-state index contributed by atoms with van der Waals surface area (Å²) >= 11 is 2.99. The largest absolute Gasteiger partial charge is 0.480 e. The second-order valence-electron chi connectivity index (χ2n) is 4.20. The Morgan fingerprint density at radius 1 is 1.57 bits per heavy atom. The van der Waals surface area contributed by atoms with Gasteiger partial charge in [-0.1, -0.05) is 11.2 Å². The number of thioether (sulfide) groups is 1. The molecule has 2 rings (SSSR count). The molecule has 0 aromatic carbocycles. The maximum atomic E-state index is 12.0. The first kappa shape index (κ1) is 15.6. The van der Waals surface area contributed by atoms with Crippen LogP contribution in [-0.2, 0) is 4.79 Å². The lowest BCUT2D eigenvalue weighted by Crippen LogP contribution is -2.41. The Morgan fingerprint density at radius 2 is 2.38 bits per heavy atom. The van der Waals surface area contributed by atoms with Crippen LogP contribution in [0.2, 0.25) is 0 Å². The molecule has 0 radical (unpaired) electrons. The molecule has 0 aliphatic rings. The summed E-state index contributed by atoms with van der Waals surface area (Å²) in [5.41, 5.74) is 0.0776. The van der Waals surface area contributed by atoms with Crippen molar-refractivity contribution in [2.75, 3.05) is 12.0 Å². The van der Waals surface area contributed by atoms with Crippen molar-refractivity contribution in [2.45, 2.75) is 12.5 Å². The summed E-state index contributed by atoms with van der Waals surface area (Å²) in [6.45, 7) is 0. The van der Waals surface area contributed by atoms with Gasteiger partial charge in [0.2, 0.25) is 0 Å². The van der Waals surface area contributed by atoms with Crippen molar-refractivity contribution in [2.24, 2.45) is 0 Å². The zero-order valence-electron chi connectivity index (χ0n) is 11.2. The summed E-state index contributed by atoms with van der Waals surface area (Å²) < 4.78 is 5.10. The number of nitrogens with one attached hydrogen (secondary N) is 1. The van der Waals surface area contributed by atoms with E-state index in [1.807, 2.05) is 23.8 Å². The predicted octanol–water partition coefficient (Wildman–Crippen LogP) is 2.34. The molecule has 6 nitrogen and oxygen atoms in total. The lowest BCUT2D eigenvalue weighted by molar-refractivity contribution is -0.139. The molecule has 0 fully saturated rings. The Kier molecular flexibility index (Phi) is 5.40. The van der Waals surface area contributed by atoms with E-state index in [0.717, 1.165) is 4.88 Å². The van der Waals surface area contributed by atoms with Crippen LogP contribution in [-0.4, -0.2) is 40.2 Å². The minimum absolute atomic E-state index is 0.0776. The van der Waals surface area contributed by atoms with Crippen molar-refractivity contribution in [3.8, 4) is 10.6 Å². The predicted molar refractivity (Wildman–Crippen MR) is 81.7 cm³/mol. The second-order valence-corrected chi connectivity index (χ2v) is 6.13. The smallest absolute Gasteiger partial charge is 0.326 e. The maximum Gasteiger partial charge on any atom is 0.326 e. The van der Waals surface area contributed by atoms with Crippen LogP contribution >= 0.6 is 23.1 Å². The Hall–Kier alpha value is -1.80. The number of aliphatic carboxylic acids is 1. The average molecular weight is 326 g/mol. The van der Waals surface area contributed by atoms with Crippen LogP contribution in [0, 0.1) is 0 Å². The third-order valence-corrected chi connectivity index (χ3v) is 4.25.